The first-order chi connectivity index (χ1) is 9.11. The van der Waals surface area contributed by atoms with Gasteiger partial charge in [0, 0.05) is 24.2 Å². The smallest absolute Gasteiger partial charge is 0.0855 e. The maximum atomic E-state index is 6.25. The van der Waals surface area contributed by atoms with Crippen molar-refractivity contribution in [3.05, 3.63) is 46.2 Å². The predicted molar refractivity (Wildman–Crippen MR) is 81.7 cm³/mol. The minimum Gasteiger partial charge on any atom is -0.316 e. The number of rotatable bonds is 5. The molecule has 1 heterocycles. The van der Waals surface area contributed by atoms with E-state index >= 15 is 0 Å². The standard InChI is InChI=1S/C14H18ClN3S/c1-10-14(15)13(18(3)17-10)9-19-12-6-4-5-11(7-12)8-16-2/h4-7,16H,8-9H2,1-3H3. The molecule has 2 rings (SSSR count). The number of nitrogens with zero attached hydrogens (tertiary/aromatic N) is 2. The molecule has 0 radical (unpaired) electrons. The Bertz CT molecular complexity index is 566. The van der Waals surface area contributed by atoms with Crippen molar-refractivity contribution in [1.82, 2.24) is 15.1 Å². The van der Waals surface area contributed by atoms with E-state index in [-0.39, 0.29) is 0 Å². The first-order valence-electron chi connectivity index (χ1n) is 6.16. The van der Waals surface area contributed by atoms with Gasteiger partial charge in [-0.1, -0.05) is 23.7 Å². The Hall–Kier alpha value is -0.970. The fourth-order valence-electron chi connectivity index (χ4n) is 1.94. The molecule has 0 bridgehead atoms. The van der Waals surface area contributed by atoms with Gasteiger partial charge in [-0.05, 0) is 31.7 Å². The third kappa shape index (κ3) is 3.53. The van der Waals surface area contributed by atoms with Gasteiger partial charge in [0.05, 0.1) is 16.4 Å². The Morgan fingerprint density at radius 1 is 1.42 bits per heavy atom. The molecule has 0 aliphatic heterocycles. The monoisotopic (exact) mass is 295 g/mol. The van der Waals surface area contributed by atoms with E-state index in [0.717, 1.165) is 28.7 Å². The Balaban J connectivity index is 2.08. The molecule has 0 unspecified atom stereocenters. The van der Waals surface area contributed by atoms with Crippen molar-refractivity contribution in [2.75, 3.05) is 7.05 Å². The minimum absolute atomic E-state index is 0.779. The summed E-state index contributed by atoms with van der Waals surface area (Å²) in [6.45, 7) is 2.82. The SMILES string of the molecule is CNCc1cccc(SCc2c(Cl)c(C)nn2C)c1. The van der Waals surface area contributed by atoms with Gasteiger partial charge in [-0.3, -0.25) is 4.68 Å². The van der Waals surface area contributed by atoms with E-state index in [0.29, 0.717) is 0 Å². The normalized spacial score (nSPS) is 10.9. The van der Waals surface area contributed by atoms with Crippen LogP contribution in [0, 0.1) is 6.92 Å². The van der Waals surface area contributed by atoms with E-state index in [2.05, 4.69) is 34.7 Å². The summed E-state index contributed by atoms with van der Waals surface area (Å²) in [5.74, 6) is 0.833. The lowest BCUT2D eigenvalue weighted by Crippen LogP contribution is -2.04. The summed E-state index contributed by atoms with van der Waals surface area (Å²) < 4.78 is 1.86. The number of thioether (sulfide) groups is 1. The van der Waals surface area contributed by atoms with Gasteiger partial charge in [0.1, 0.15) is 0 Å². The van der Waals surface area contributed by atoms with Crippen molar-refractivity contribution in [2.24, 2.45) is 7.05 Å². The Kier molecular flexibility index (Phi) is 4.91. The van der Waals surface area contributed by atoms with Crippen LogP contribution in [0.15, 0.2) is 29.2 Å². The lowest BCUT2D eigenvalue weighted by molar-refractivity contribution is 0.727. The van der Waals surface area contributed by atoms with Crippen LogP contribution in [0.25, 0.3) is 0 Å². The van der Waals surface area contributed by atoms with Crippen LogP contribution in [0.3, 0.4) is 0 Å². The highest BCUT2D eigenvalue weighted by Crippen LogP contribution is 2.28. The lowest BCUT2D eigenvalue weighted by atomic mass is 10.2. The number of benzene rings is 1. The van der Waals surface area contributed by atoms with Gasteiger partial charge < -0.3 is 5.32 Å². The summed E-state index contributed by atoms with van der Waals surface area (Å²) in [6, 6.07) is 8.55. The highest BCUT2D eigenvalue weighted by Gasteiger charge is 2.11. The molecule has 0 spiro atoms. The largest absolute Gasteiger partial charge is 0.316 e. The number of halogens is 1. The zero-order valence-corrected chi connectivity index (χ0v) is 13.0. The molecule has 3 nitrogen and oxygen atoms in total. The van der Waals surface area contributed by atoms with Crippen LogP contribution >= 0.6 is 23.4 Å². The van der Waals surface area contributed by atoms with Crippen LogP contribution < -0.4 is 5.32 Å². The molecule has 102 valence electrons. The summed E-state index contributed by atoms with van der Waals surface area (Å²) in [6.07, 6.45) is 0. The second-order valence-corrected chi connectivity index (χ2v) is 5.86. The van der Waals surface area contributed by atoms with E-state index in [1.54, 1.807) is 11.8 Å². The first kappa shape index (κ1) is 14.4. The van der Waals surface area contributed by atoms with Crippen LogP contribution in [0.4, 0.5) is 0 Å². The summed E-state index contributed by atoms with van der Waals surface area (Å²) >= 11 is 8.04. The van der Waals surface area contributed by atoms with Crippen LogP contribution in [-0.2, 0) is 19.3 Å². The molecule has 0 fully saturated rings. The zero-order valence-electron chi connectivity index (χ0n) is 11.4. The van der Waals surface area contributed by atoms with E-state index in [4.69, 9.17) is 11.6 Å². The Morgan fingerprint density at radius 3 is 2.84 bits per heavy atom. The Morgan fingerprint density at radius 2 is 2.21 bits per heavy atom. The maximum absolute atomic E-state index is 6.25. The van der Waals surface area contributed by atoms with Crippen LogP contribution in [0.1, 0.15) is 17.0 Å². The molecule has 1 aromatic heterocycles. The minimum atomic E-state index is 0.779. The van der Waals surface area contributed by atoms with Gasteiger partial charge >= 0.3 is 0 Å². The van der Waals surface area contributed by atoms with Crippen LogP contribution in [0.5, 0.6) is 0 Å². The maximum Gasteiger partial charge on any atom is 0.0855 e. The molecule has 5 heteroatoms. The first-order valence-corrected chi connectivity index (χ1v) is 7.52. The molecular formula is C14H18ClN3S. The van der Waals surface area contributed by atoms with Gasteiger partial charge in [-0.2, -0.15) is 5.10 Å². The van der Waals surface area contributed by atoms with Crippen molar-refractivity contribution in [2.45, 2.75) is 24.1 Å². The lowest BCUT2D eigenvalue weighted by Gasteiger charge is -2.06. The number of hydrogen-bond donors (Lipinski definition) is 1. The average molecular weight is 296 g/mol. The molecule has 0 atom stereocenters. The third-order valence-corrected chi connectivity index (χ3v) is 4.41. The third-order valence-electron chi connectivity index (χ3n) is 2.92. The van der Waals surface area contributed by atoms with Crippen LogP contribution in [-0.4, -0.2) is 16.8 Å². The van der Waals surface area contributed by atoms with Crippen molar-refractivity contribution in [3.63, 3.8) is 0 Å². The second-order valence-electron chi connectivity index (χ2n) is 4.44. The molecule has 0 aliphatic carbocycles. The molecule has 0 saturated heterocycles. The van der Waals surface area contributed by atoms with Crippen molar-refractivity contribution in [3.8, 4) is 0 Å². The molecule has 0 saturated carbocycles. The van der Waals surface area contributed by atoms with Gasteiger partial charge in [-0.15, -0.1) is 11.8 Å². The summed E-state index contributed by atoms with van der Waals surface area (Å²) in [7, 11) is 3.89. The van der Waals surface area contributed by atoms with Gasteiger partial charge in [0.25, 0.3) is 0 Å². The van der Waals surface area contributed by atoms with Crippen molar-refractivity contribution in [1.29, 1.82) is 0 Å². The molecular weight excluding hydrogens is 278 g/mol. The van der Waals surface area contributed by atoms with Gasteiger partial charge in [-0.25, -0.2) is 0 Å². The van der Waals surface area contributed by atoms with E-state index in [1.807, 2.05) is 25.7 Å². The summed E-state index contributed by atoms with van der Waals surface area (Å²) in [4.78, 5) is 1.25. The van der Waals surface area contributed by atoms with Gasteiger partial charge in [0.15, 0.2) is 0 Å². The number of aryl methyl sites for hydroxylation is 2. The quantitative estimate of drug-likeness (QED) is 0.858. The molecule has 19 heavy (non-hydrogen) atoms. The highest BCUT2D eigenvalue weighted by molar-refractivity contribution is 7.98. The molecule has 0 amide bonds. The van der Waals surface area contributed by atoms with Crippen molar-refractivity contribution < 1.29 is 0 Å². The van der Waals surface area contributed by atoms with E-state index in [9.17, 15) is 0 Å². The van der Waals surface area contributed by atoms with E-state index < -0.39 is 0 Å². The topological polar surface area (TPSA) is 29.9 Å². The molecule has 2 aromatic rings. The number of nitrogens with one attached hydrogen (secondary N) is 1. The second kappa shape index (κ2) is 6.46. The summed E-state index contributed by atoms with van der Waals surface area (Å²) in [5.41, 5.74) is 3.26. The fourth-order valence-corrected chi connectivity index (χ4v) is 3.29. The number of aromatic nitrogens is 2. The molecule has 1 aromatic carbocycles. The van der Waals surface area contributed by atoms with Crippen LogP contribution in [0.2, 0.25) is 5.02 Å². The fraction of sp³-hybridized carbons (Fsp3) is 0.357. The summed E-state index contributed by atoms with van der Waals surface area (Å²) in [5, 5.41) is 8.27. The molecule has 1 N–H and O–H groups in total. The van der Waals surface area contributed by atoms with E-state index in [1.165, 1.54) is 10.5 Å². The van der Waals surface area contributed by atoms with Crippen molar-refractivity contribution >= 4 is 23.4 Å². The highest BCUT2D eigenvalue weighted by atomic mass is 35.5. The average Bonchev–Trinajstić information content (AvgIpc) is 2.62. The molecule has 0 aliphatic rings. The number of hydrogen-bond acceptors (Lipinski definition) is 3. The predicted octanol–water partition coefficient (Wildman–Crippen LogP) is 3.39. The zero-order chi connectivity index (χ0) is 13.8. The van der Waals surface area contributed by atoms with Gasteiger partial charge in [0.2, 0.25) is 0 Å². The Labute approximate surface area is 123 Å².